The molecular formula is C15H24N4S. The first-order valence-electron chi connectivity index (χ1n) is 7.36. The number of thiophene rings is 1. The highest BCUT2D eigenvalue weighted by molar-refractivity contribution is 7.10. The Labute approximate surface area is 125 Å². The molecule has 110 valence electrons. The third-order valence-corrected chi connectivity index (χ3v) is 4.78. The third kappa shape index (κ3) is 2.79. The molecule has 4 nitrogen and oxygen atoms in total. The summed E-state index contributed by atoms with van der Waals surface area (Å²) < 4.78 is 2.06. The van der Waals surface area contributed by atoms with Gasteiger partial charge in [0, 0.05) is 23.8 Å². The highest BCUT2D eigenvalue weighted by Crippen LogP contribution is 2.30. The highest BCUT2D eigenvalue weighted by atomic mass is 32.1. The number of hydrogen-bond donors (Lipinski definition) is 1. The average Bonchev–Trinajstić information content (AvgIpc) is 3.06. The van der Waals surface area contributed by atoms with Crippen LogP contribution >= 0.6 is 11.3 Å². The van der Waals surface area contributed by atoms with Gasteiger partial charge in [0.25, 0.3) is 0 Å². The second-order valence-electron chi connectivity index (χ2n) is 5.08. The van der Waals surface area contributed by atoms with E-state index >= 15 is 0 Å². The molecule has 0 spiro atoms. The zero-order valence-corrected chi connectivity index (χ0v) is 13.6. The van der Waals surface area contributed by atoms with Crippen molar-refractivity contribution in [3.05, 3.63) is 33.5 Å². The Morgan fingerprint density at radius 3 is 2.55 bits per heavy atom. The van der Waals surface area contributed by atoms with E-state index in [1.165, 1.54) is 10.4 Å². The molecule has 20 heavy (non-hydrogen) atoms. The predicted octanol–water partition coefficient (Wildman–Crippen LogP) is 3.10. The van der Waals surface area contributed by atoms with E-state index < -0.39 is 0 Å². The van der Waals surface area contributed by atoms with E-state index in [-0.39, 0.29) is 12.1 Å². The normalized spacial score (nSPS) is 14.4. The summed E-state index contributed by atoms with van der Waals surface area (Å²) in [5.41, 5.74) is 7.69. The van der Waals surface area contributed by atoms with Gasteiger partial charge in [-0.05, 0) is 30.4 Å². The van der Waals surface area contributed by atoms with Crippen LogP contribution in [0.2, 0.25) is 0 Å². The van der Waals surface area contributed by atoms with Crippen molar-refractivity contribution in [3.63, 3.8) is 0 Å². The van der Waals surface area contributed by atoms with Gasteiger partial charge in [-0.2, -0.15) is 5.10 Å². The van der Waals surface area contributed by atoms with Gasteiger partial charge in [-0.1, -0.05) is 20.8 Å². The standard InChI is InChI=1S/C15H24N4S/c1-5-11(16)14(15-10(4)8-9-20-15)19-13(7-3)17-12(6-2)18-19/h8-9,11,14H,5-7,16H2,1-4H3. The predicted molar refractivity (Wildman–Crippen MR) is 84.2 cm³/mol. The molecule has 0 aromatic carbocycles. The molecule has 0 bridgehead atoms. The lowest BCUT2D eigenvalue weighted by Crippen LogP contribution is -2.34. The van der Waals surface area contributed by atoms with Crippen LogP contribution in [0.25, 0.3) is 0 Å². The Morgan fingerprint density at radius 1 is 1.30 bits per heavy atom. The quantitative estimate of drug-likeness (QED) is 0.890. The molecule has 2 atom stereocenters. The zero-order valence-electron chi connectivity index (χ0n) is 12.8. The van der Waals surface area contributed by atoms with E-state index in [1.54, 1.807) is 11.3 Å². The molecule has 0 aliphatic rings. The van der Waals surface area contributed by atoms with Crippen molar-refractivity contribution in [1.29, 1.82) is 0 Å². The van der Waals surface area contributed by atoms with Crippen molar-refractivity contribution in [2.75, 3.05) is 0 Å². The van der Waals surface area contributed by atoms with Gasteiger partial charge in [-0.25, -0.2) is 9.67 Å². The van der Waals surface area contributed by atoms with Crippen molar-refractivity contribution < 1.29 is 0 Å². The van der Waals surface area contributed by atoms with Crippen LogP contribution < -0.4 is 5.73 Å². The zero-order chi connectivity index (χ0) is 14.7. The number of nitrogens with zero attached hydrogens (tertiary/aromatic N) is 3. The van der Waals surface area contributed by atoms with Gasteiger partial charge < -0.3 is 5.73 Å². The molecule has 0 amide bonds. The SMILES string of the molecule is CCc1nc(CC)n(C(c2sccc2C)C(N)CC)n1. The molecule has 0 aliphatic heterocycles. The van der Waals surface area contributed by atoms with Crippen molar-refractivity contribution in [3.8, 4) is 0 Å². The molecule has 2 rings (SSSR count). The lowest BCUT2D eigenvalue weighted by molar-refractivity contribution is 0.414. The van der Waals surface area contributed by atoms with E-state index in [4.69, 9.17) is 10.8 Å². The minimum Gasteiger partial charge on any atom is -0.326 e. The Morgan fingerprint density at radius 2 is 2.05 bits per heavy atom. The fourth-order valence-corrected chi connectivity index (χ4v) is 3.50. The summed E-state index contributed by atoms with van der Waals surface area (Å²) >= 11 is 1.76. The summed E-state index contributed by atoms with van der Waals surface area (Å²) in [4.78, 5) is 5.93. The van der Waals surface area contributed by atoms with Crippen LogP contribution in [0.5, 0.6) is 0 Å². The maximum Gasteiger partial charge on any atom is 0.150 e. The lowest BCUT2D eigenvalue weighted by atomic mass is 10.0. The van der Waals surface area contributed by atoms with Gasteiger partial charge in [0.1, 0.15) is 11.9 Å². The fraction of sp³-hybridized carbons (Fsp3) is 0.600. The molecular weight excluding hydrogens is 268 g/mol. The van der Waals surface area contributed by atoms with Crippen molar-refractivity contribution in [1.82, 2.24) is 14.8 Å². The van der Waals surface area contributed by atoms with E-state index in [1.807, 2.05) is 0 Å². The average molecular weight is 292 g/mol. The maximum atomic E-state index is 6.40. The Hall–Kier alpha value is -1.20. The largest absolute Gasteiger partial charge is 0.326 e. The second kappa shape index (κ2) is 6.50. The van der Waals surface area contributed by atoms with E-state index in [9.17, 15) is 0 Å². The smallest absolute Gasteiger partial charge is 0.150 e. The van der Waals surface area contributed by atoms with Gasteiger partial charge in [-0.15, -0.1) is 11.3 Å². The van der Waals surface area contributed by atoms with E-state index in [2.05, 4.69) is 48.8 Å². The molecule has 0 saturated carbocycles. The van der Waals surface area contributed by atoms with Gasteiger partial charge in [0.2, 0.25) is 0 Å². The first-order chi connectivity index (χ1) is 9.62. The number of hydrogen-bond acceptors (Lipinski definition) is 4. The molecule has 2 unspecified atom stereocenters. The summed E-state index contributed by atoms with van der Waals surface area (Å²) in [5, 5.41) is 6.83. The second-order valence-corrected chi connectivity index (χ2v) is 6.03. The van der Waals surface area contributed by atoms with Gasteiger partial charge in [0.05, 0.1) is 0 Å². The molecule has 2 aromatic heterocycles. The van der Waals surface area contributed by atoms with Gasteiger partial charge in [0.15, 0.2) is 5.82 Å². The molecule has 2 heterocycles. The van der Waals surface area contributed by atoms with Crippen LogP contribution in [0.15, 0.2) is 11.4 Å². The fourth-order valence-electron chi connectivity index (χ4n) is 2.42. The summed E-state index contributed by atoms with van der Waals surface area (Å²) in [6.07, 6.45) is 2.66. The lowest BCUT2D eigenvalue weighted by Gasteiger charge is -2.24. The van der Waals surface area contributed by atoms with Crippen molar-refractivity contribution in [2.45, 2.75) is 59.0 Å². The van der Waals surface area contributed by atoms with Crippen LogP contribution in [-0.4, -0.2) is 20.8 Å². The number of nitrogens with two attached hydrogens (primary N) is 1. The Kier molecular flexibility index (Phi) is 4.94. The summed E-state index contributed by atoms with van der Waals surface area (Å²) in [5.74, 6) is 1.94. The monoisotopic (exact) mass is 292 g/mol. The van der Waals surface area contributed by atoms with Crippen LogP contribution in [0.4, 0.5) is 0 Å². The maximum absolute atomic E-state index is 6.40. The molecule has 0 saturated heterocycles. The molecule has 2 aromatic rings. The van der Waals surface area contributed by atoms with E-state index in [0.717, 1.165) is 30.9 Å². The van der Waals surface area contributed by atoms with Gasteiger partial charge in [-0.3, -0.25) is 0 Å². The number of aromatic nitrogens is 3. The Bertz CT molecular complexity index is 558. The minimum atomic E-state index is 0.0593. The van der Waals surface area contributed by atoms with Crippen LogP contribution in [0, 0.1) is 6.92 Å². The van der Waals surface area contributed by atoms with Crippen LogP contribution in [0.3, 0.4) is 0 Å². The minimum absolute atomic E-state index is 0.0593. The van der Waals surface area contributed by atoms with Gasteiger partial charge >= 0.3 is 0 Å². The summed E-state index contributed by atoms with van der Waals surface area (Å²) in [6.45, 7) is 8.48. The summed E-state index contributed by atoms with van der Waals surface area (Å²) in [7, 11) is 0. The number of aryl methyl sites for hydroxylation is 3. The van der Waals surface area contributed by atoms with Crippen molar-refractivity contribution >= 4 is 11.3 Å². The molecule has 5 heteroatoms. The first kappa shape index (κ1) is 15.2. The molecule has 2 N–H and O–H groups in total. The molecule has 0 aliphatic carbocycles. The molecule has 0 radical (unpaired) electrons. The van der Waals surface area contributed by atoms with Crippen LogP contribution in [0.1, 0.15) is 55.3 Å². The summed E-state index contributed by atoms with van der Waals surface area (Å²) in [6, 6.07) is 2.31. The number of rotatable bonds is 6. The molecule has 0 fully saturated rings. The van der Waals surface area contributed by atoms with E-state index in [0.29, 0.717) is 0 Å². The third-order valence-electron chi connectivity index (χ3n) is 3.69. The van der Waals surface area contributed by atoms with Crippen LogP contribution in [-0.2, 0) is 12.8 Å². The van der Waals surface area contributed by atoms with Crippen molar-refractivity contribution in [2.24, 2.45) is 5.73 Å². The topological polar surface area (TPSA) is 56.7 Å². The first-order valence-corrected chi connectivity index (χ1v) is 8.24. The highest BCUT2D eigenvalue weighted by Gasteiger charge is 2.26. The Balaban J connectivity index is 2.52.